The van der Waals surface area contributed by atoms with Gasteiger partial charge < -0.3 is 15.8 Å². The second kappa shape index (κ2) is 8.92. The molecule has 0 aliphatic heterocycles. The number of nitrogens with two attached hydrogens (primary N) is 1. The third-order valence-corrected chi connectivity index (χ3v) is 4.06. The van der Waals surface area contributed by atoms with E-state index >= 15 is 0 Å². The van der Waals surface area contributed by atoms with Gasteiger partial charge in [0.2, 0.25) is 5.91 Å². The third-order valence-electron chi connectivity index (χ3n) is 3.83. The summed E-state index contributed by atoms with van der Waals surface area (Å²) in [5, 5.41) is 3.25. The van der Waals surface area contributed by atoms with Crippen LogP contribution in [0.4, 0.5) is 11.4 Å². The van der Waals surface area contributed by atoms with Gasteiger partial charge in [-0.05, 0) is 47.5 Å². The van der Waals surface area contributed by atoms with Gasteiger partial charge in [-0.15, -0.1) is 0 Å². The summed E-state index contributed by atoms with van der Waals surface area (Å²) in [5.74, 6) is 0.503. The van der Waals surface area contributed by atoms with E-state index in [1.54, 1.807) is 24.3 Å². The summed E-state index contributed by atoms with van der Waals surface area (Å²) in [6.07, 6.45) is 3.18. The molecule has 0 fully saturated rings. The zero-order chi connectivity index (χ0) is 19.1. The van der Waals surface area contributed by atoms with Crippen molar-refractivity contribution in [2.45, 2.75) is 6.61 Å². The first-order chi connectivity index (χ1) is 13.1. The molecule has 136 valence electrons. The number of anilines is 2. The van der Waals surface area contributed by atoms with E-state index < -0.39 is 0 Å². The van der Waals surface area contributed by atoms with E-state index in [-0.39, 0.29) is 5.91 Å². The minimum absolute atomic E-state index is 0.270. The van der Waals surface area contributed by atoms with Crippen molar-refractivity contribution in [1.29, 1.82) is 0 Å². The van der Waals surface area contributed by atoms with Crippen LogP contribution in [-0.4, -0.2) is 5.91 Å². The largest absolute Gasteiger partial charge is 0.489 e. The second-order valence-corrected chi connectivity index (χ2v) is 6.33. The van der Waals surface area contributed by atoms with Gasteiger partial charge in [0.15, 0.2) is 0 Å². The summed E-state index contributed by atoms with van der Waals surface area (Å²) in [6, 6.07) is 22.4. The lowest BCUT2D eigenvalue weighted by Crippen LogP contribution is -2.09. The summed E-state index contributed by atoms with van der Waals surface area (Å²) in [5.41, 5.74) is 8.77. The zero-order valence-electron chi connectivity index (χ0n) is 14.6. The Morgan fingerprint density at radius 2 is 1.78 bits per heavy atom. The van der Waals surface area contributed by atoms with Crippen LogP contribution in [0.15, 0.2) is 78.9 Å². The Labute approximate surface area is 163 Å². The minimum atomic E-state index is -0.270. The van der Waals surface area contributed by atoms with E-state index in [4.69, 9.17) is 22.1 Å². The molecule has 3 rings (SSSR count). The standard InChI is InChI=1S/C22H19ClN2O2/c23-18-9-12-21(20(24)14-18)25-22(26)13-8-16-6-10-19(11-7-16)27-15-17-4-2-1-3-5-17/h1-14H,15,24H2,(H,25,26)/b13-8+. The molecule has 0 unspecified atom stereocenters. The van der Waals surface area contributed by atoms with Gasteiger partial charge in [-0.3, -0.25) is 4.79 Å². The molecule has 0 spiro atoms. The number of benzene rings is 3. The number of hydrogen-bond acceptors (Lipinski definition) is 3. The first-order valence-corrected chi connectivity index (χ1v) is 8.79. The van der Waals surface area contributed by atoms with Gasteiger partial charge in [-0.25, -0.2) is 0 Å². The number of carbonyl (C=O) groups is 1. The molecule has 0 aliphatic carbocycles. The predicted octanol–water partition coefficient (Wildman–Crippen LogP) is 5.15. The molecule has 3 aromatic carbocycles. The van der Waals surface area contributed by atoms with Crippen molar-refractivity contribution in [3.05, 3.63) is 95.0 Å². The van der Waals surface area contributed by atoms with Gasteiger partial charge in [0.25, 0.3) is 0 Å². The summed E-state index contributed by atoms with van der Waals surface area (Å²) in [7, 11) is 0. The monoisotopic (exact) mass is 378 g/mol. The number of ether oxygens (including phenoxy) is 1. The number of hydrogen-bond donors (Lipinski definition) is 2. The van der Waals surface area contributed by atoms with Gasteiger partial charge >= 0.3 is 0 Å². The molecule has 0 atom stereocenters. The number of rotatable bonds is 6. The number of nitrogens with one attached hydrogen (secondary N) is 1. The van der Waals surface area contributed by atoms with Crippen LogP contribution in [0.2, 0.25) is 5.02 Å². The Balaban J connectivity index is 1.54. The molecule has 3 aromatic rings. The van der Waals surface area contributed by atoms with Crippen LogP contribution < -0.4 is 15.8 Å². The smallest absolute Gasteiger partial charge is 0.248 e. The first-order valence-electron chi connectivity index (χ1n) is 8.41. The topological polar surface area (TPSA) is 64.3 Å². The SMILES string of the molecule is Nc1cc(Cl)ccc1NC(=O)/C=C/c1ccc(OCc2ccccc2)cc1. The van der Waals surface area contributed by atoms with Crippen LogP contribution in [0.25, 0.3) is 6.08 Å². The average Bonchev–Trinajstić information content (AvgIpc) is 2.68. The van der Waals surface area contributed by atoms with E-state index in [0.717, 1.165) is 16.9 Å². The Morgan fingerprint density at radius 1 is 1.04 bits per heavy atom. The van der Waals surface area contributed by atoms with Crippen molar-refractivity contribution in [1.82, 2.24) is 0 Å². The maximum atomic E-state index is 12.0. The Morgan fingerprint density at radius 3 is 2.48 bits per heavy atom. The molecule has 5 heteroatoms. The van der Waals surface area contributed by atoms with Gasteiger partial charge in [-0.1, -0.05) is 54.1 Å². The number of nitrogen functional groups attached to an aromatic ring is 1. The van der Waals surface area contributed by atoms with E-state index in [1.807, 2.05) is 54.6 Å². The Bertz CT molecular complexity index is 938. The van der Waals surface area contributed by atoms with Crippen LogP contribution >= 0.6 is 11.6 Å². The maximum absolute atomic E-state index is 12.0. The van der Waals surface area contributed by atoms with Crippen LogP contribution in [0.5, 0.6) is 5.75 Å². The highest BCUT2D eigenvalue weighted by Gasteiger charge is 2.03. The Kier molecular flexibility index (Phi) is 6.13. The molecule has 0 bridgehead atoms. The summed E-state index contributed by atoms with van der Waals surface area (Å²) in [4.78, 5) is 12.0. The van der Waals surface area contributed by atoms with Crippen LogP contribution in [-0.2, 0) is 11.4 Å². The number of carbonyl (C=O) groups excluding carboxylic acids is 1. The fourth-order valence-corrected chi connectivity index (χ4v) is 2.59. The highest BCUT2D eigenvalue weighted by atomic mass is 35.5. The molecule has 1 amide bonds. The van der Waals surface area contributed by atoms with Crippen LogP contribution in [0, 0.1) is 0 Å². The molecule has 3 N–H and O–H groups in total. The van der Waals surface area contributed by atoms with E-state index in [2.05, 4.69) is 5.32 Å². The Hall–Kier alpha value is -3.24. The minimum Gasteiger partial charge on any atom is -0.489 e. The quantitative estimate of drug-likeness (QED) is 0.460. The molecule has 4 nitrogen and oxygen atoms in total. The number of amides is 1. The molecule has 0 heterocycles. The van der Waals surface area contributed by atoms with Crippen molar-refractivity contribution < 1.29 is 9.53 Å². The van der Waals surface area contributed by atoms with Crippen molar-refractivity contribution in [2.24, 2.45) is 0 Å². The summed E-state index contributed by atoms with van der Waals surface area (Å²) >= 11 is 5.85. The van der Waals surface area contributed by atoms with E-state index in [1.165, 1.54) is 6.08 Å². The van der Waals surface area contributed by atoms with Crippen molar-refractivity contribution >= 4 is 35.0 Å². The highest BCUT2D eigenvalue weighted by molar-refractivity contribution is 6.31. The van der Waals surface area contributed by atoms with Crippen molar-refractivity contribution in [3.63, 3.8) is 0 Å². The molecule has 27 heavy (non-hydrogen) atoms. The second-order valence-electron chi connectivity index (χ2n) is 5.90. The van der Waals surface area contributed by atoms with Crippen LogP contribution in [0.3, 0.4) is 0 Å². The van der Waals surface area contributed by atoms with Gasteiger partial charge in [0.1, 0.15) is 12.4 Å². The first kappa shape index (κ1) is 18.5. The average molecular weight is 379 g/mol. The lowest BCUT2D eigenvalue weighted by atomic mass is 10.2. The summed E-state index contributed by atoms with van der Waals surface area (Å²) in [6.45, 7) is 0.515. The number of halogens is 1. The lowest BCUT2D eigenvalue weighted by Gasteiger charge is -2.07. The van der Waals surface area contributed by atoms with Gasteiger partial charge in [-0.2, -0.15) is 0 Å². The van der Waals surface area contributed by atoms with Crippen molar-refractivity contribution in [2.75, 3.05) is 11.1 Å². The highest BCUT2D eigenvalue weighted by Crippen LogP contribution is 2.22. The molecule has 0 aliphatic rings. The lowest BCUT2D eigenvalue weighted by molar-refractivity contribution is -0.111. The molecule has 0 aromatic heterocycles. The molecular formula is C22H19ClN2O2. The maximum Gasteiger partial charge on any atom is 0.248 e. The van der Waals surface area contributed by atoms with Gasteiger partial charge in [0.05, 0.1) is 11.4 Å². The molecular weight excluding hydrogens is 360 g/mol. The van der Waals surface area contributed by atoms with Crippen molar-refractivity contribution in [3.8, 4) is 5.75 Å². The molecule has 0 saturated heterocycles. The third kappa shape index (κ3) is 5.62. The van der Waals surface area contributed by atoms with Gasteiger partial charge in [0, 0.05) is 11.1 Å². The predicted molar refractivity (Wildman–Crippen MR) is 111 cm³/mol. The van der Waals surface area contributed by atoms with Crippen LogP contribution in [0.1, 0.15) is 11.1 Å². The molecule has 0 saturated carbocycles. The summed E-state index contributed by atoms with van der Waals surface area (Å²) < 4.78 is 5.75. The van der Waals surface area contributed by atoms with E-state index in [0.29, 0.717) is 23.0 Å². The zero-order valence-corrected chi connectivity index (χ0v) is 15.3. The normalized spacial score (nSPS) is 10.7. The molecule has 0 radical (unpaired) electrons. The fraction of sp³-hybridized carbons (Fsp3) is 0.0455. The fourth-order valence-electron chi connectivity index (χ4n) is 2.41. The van der Waals surface area contributed by atoms with E-state index in [9.17, 15) is 4.79 Å².